The van der Waals surface area contributed by atoms with Gasteiger partial charge in [-0.25, -0.2) is 0 Å². The van der Waals surface area contributed by atoms with E-state index in [1.54, 1.807) is 29.0 Å². The number of nitrogens with zero attached hydrogens (tertiary/aromatic N) is 3. The number of carbonyl (C=O) groups is 1. The Morgan fingerprint density at radius 2 is 2.04 bits per heavy atom. The zero-order valence-electron chi connectivity index (χ0n) is 14.8. The molecule has 4 rings (SSSR count). The van der Waals surface area contributed by atoms with Crippen LogP contribution in [0.25, 0.3) is 0 Å². The summed E-state index contributed by atoms with van der Waals surface area (Å²) < 4.78 is 12.4. The van der Waals surface area contributed by atoms with Crippen LogP contribution in [0.3, 0.4) is 0 Å². The molecule has 2 aromatic carbocycles. The highest BCUT2D eigenvalue weighted by molar-refractivity contribution is 6.31. The van der Waals surface area contributed by atoms with E-state index in [1.165, 1.54) is 0 Å². The molecule has 138 valence electrons. The van der Waals surface area contributed by atoms with Crippen LogP contribution in [0.1, 0.15) is 21.5 Å². The van der Waals surface area contributed by atoms with Gasteiger partial charge in [-0.15, -0.1) is 0 Å². The topological polar surface area (TPSA) is 56.6 Å². The first-order valence-corrected chi connectivity index (χ1v) is 8.88. The maximum absolute atomic E-state index is 12.7. The van der Waals surface area contributed by atoms with Crippen molar-refractivity contribution in [1.29, 1.82) is 0 Å². The highest BCUT2D eigenvalue weighted by atomic mass is 35.5. The molecule has 3 aromatic rings. The number of benzene rings is 2. The predicted octanol–water partition coefficient (Wildman–Crippen LogP) is 3.59. The first-order chi connectivity index (χ1) is 13.1. The number of carbonyl (C=O) groups excluding carboxylic acids is 1. The maximum Gasteiger partial charge on any atom is 0.257 e. The quantitative estimate of drug-likeness (QED) is 0.675. The second-order valence-electron chi connectivity index (χ2n) is 6.37. The number of hydrogen-bond donors (Lipinski definition) is 0. The Hall–Kier alpha value is -2.99. The summed E-state index contributed by atoms with van der Waals surface area (Å²) in [7, 11) is 1.76. The highest BCUT2D eigenvalue weighted by Crippen LogP contribution is 2.32. The fourth-order valence-corrected chi connectivity index (χ4v) is 3.16. The van der Waals surface area contributed by atoms with Gasteiger partial charge in [-0.05, 0) is 29.3 Å². The Morgan fingerprint density at radius 1 is 1.22 bits per heavy atom. The van der Waals surface area contributed by atoms with E-state index in [2.05, 4.69) is 5.10 Å². The second kappa shape index (κ2) is 7.32. The Labute approximate surface area is 161 Å². The lowest BCUT2D eigenvalue weighted by Gasteiger charge is -2.16. The van der Waals surface area contributed by atoms with Crippen molar-refractivity contribution in [3.8, 4) is 11.5 Å². The van der Waals surface area contributed by atoms with E-state index in [0.717, 1.165) is 16.9 Å². The van der Waals surface area contributed by atoms with Gasteiger partial charge >= 0.3 is 0 Å². The number of aromatic nitrogens is 2. The number of halogens is 1. The minimum atomic E-state index is -0.0990. The molecule has 0 atom stereocenters. The molecular formula is C20H18ClN3O3. The van der Waals surface area contributed by atoms with Crippen molar-refractivity contribution < 1.29 is 14.3 Å². The fourth-order valence-electron chi connectivity index (χ4n) is 2.97. The Balaban J connectivity index is 1.43. The lowest BCUT2D eigenvalue weighted by Crippen LogP contribution is -2.25. The third-order valence-corrected chi connectivity index (χ3v) is 4.74. The fraction of sp³-hybridized carbons (Fsp3) is 0.200. The summed E-state index contributed by atoms with van der Waals surface area (Å²) in [4.78, 5) is 14.4. The molecule has 0 N–H and O–H groups in total. The number of rotatable bonds is 5. The number of amides is 1. The first kappa shape index (κ1) is 17.4. The number of fused-ring (bicyclic) bond motifs is 1. The first-order valence-electron chi connectivity index (χ1n) is 8.50. The van der Waals surface area contributed by atoms with E-state index in [4.69, 9.17) is 21.1 Å². The van der Waals surface area contributed by atoms with Gasteiger partial charge in [-0.3, -0.25) is 9.48 Å². The second-order valence-corrected chi connectivity index (χ2v) is 6.77. The molecule has 0 aliphatic carbocycles. The monoisotopic (exact) mass is 383 g/mol. The zero-order chi connectivity index (χ0) is 18.8. The van der Waals surface area contributed by atoms with Crippen LogP contribution >= 0.6 is 11.6 Å². The smallest absolute Gasteiger partial charge is 0.257 e. The normalized spacial score (nSPS) is 12.2. The van der Waals surface area contributed by atoms with E-state index in [1.807, 2.05) is 42.5 Å². The predicted molar refractivity (Wildman–Crippen MR) is 101 cm³/mol. The van der Waals surface area contributed by atoms with Crippen molar-refractivity contribution in [3.05, 3.63) is 76.6 Å². The number of hydrogen-bond acceptors (Lipinski definition) is 4. The molecule has 1 aromatic heterocycles. The SMILES string of the molecule is CN(Cc1ccc2c(c1)OCO2)C(=O)c1cnn(Cc2ccccc2Cl)c1. The van der Waals surface area contributed by atoms with Gasteiger partial charge in [0.15, 0.2) is 11.5 Å². The minimum Gasteiger partial charge on any atom is -0.454 e. The van der Waals surface area contributed by atoms with Crippen molar-refractivity contribution in [3.63, 3.8) is 0 Å². The standard InChI is InChI=1S/C20H18ClN3O3/c1-23(10-14-6-7-18-19(8-14)27-13-26-18)20(25)16-9-22-24(12-16)11-15-4-2-3-5-17(15)21/h2-9,12H,10-11,13H2,1H3. The highest BCUT2D eigenvalue weighted by Gasteiger charge is 2.17. The van der Waals surface area contributed by atoms with E-state index in [-0.39, 0.29) is 12.7 Å². The van der Waals surface area contributed by atoms with E-state index >= 15 is 0 Å². The van der Waals surface area contributed by atoms with Crippen LogP contribution in [-0.4, -0.2) is 34.4 Å². The van der Waals surface area contributed by atoms with Gasteiger partial charge in [-0.1, -0.05) is 35.9 Å². The van der Waals surface area contributed by atoms with Crippen molar-refractivity contribution in [2.45, 2.75) is 13.1 Å². The molecule has 0 radical (unpaired) electrons. The lowest BCUT2D eigenvalue weighted by atomic mass is 10.2. The molecule has 0 bridgehead atoms. The minimum absolute atomic E-state index is 0.0990. The molecule has 7 heteroatoms. The van der Waals surface area contributed by atoms with Gasteiger partial charge in [-0.2, -0.15) is 5.10 Å². The molecule has 0 unspecified atom stereocenters. The van der Waals surface area contributed by atoms with Crippen LogP contribution in [0.15, 0.2) is 54.9 Å². The van der Waals surface area contributed by atoms with Crippen LogP contribution in [0.4, 0.5) is 0 Å². The van der Waals surface area contributed by atoms with Crippen LogP contribution in [0, 0.1) is 0 Å². The van der Waals surface area contributed by atoms with Gasteiger partial charge in [0.25, 0.3) is 5.91 Å². The van der Waals surface area contributed by atoms with Gasteiger partial charge < -0.3 is 14.4 Å². The molecule has 0 saturated heterocycles. The third-order valence-electron chi connectivity index (χ3n) is 4.37. The van der Waals surface area contributed by atoms with Crippen LogP contribution in [-0.2, 0) is 13.1 Å². The van der Waals surface area contributed by atoms with Crippen molar-refractivity contribution in [2.24, 2.45) is 0 Å². The molecule has 27 heavy (non-hydrogen) atoms. The molecular weight excluding hydrogens is 366 g/mol. The summed E-state index contributed by atoms with van der Waals surface area (Å²) in [6, 6.07) is 13.3. The summed E-state index contributed by atoms with van der Waals surface area (Å²) in [5, 5.41) is 4.97. The van der Waals surface area contributed by atoms with Gasteiger partial charge in [0.1, 0.15) is 0 Å². The molecule has 1 aliphatic heterocycles. The van der Waals surface area contributed by atoms with Crippen LogP contribution in [0.2, 0.25) is 5.02 Å². The summed E-state index contributed by atoms with van der Waals surface area (Å²) in [5.74, 6) is 1.34. The van der Waals surface area contributed by atoms with Gasteiger partial charge in [0.2, 0.25) is 6.79 Å². The van der Waals surface area contributed by atoms with Crippen molar-refractivity contribution >= 4 is 17.5 Å². The lowest BCUT2D eigenvalue weighted by molar-refractivity contribution is 0.0785. The average molecular weight is 384 g/mol. The summed E-state index contributed by atoms with van der Waals surface area (Å²) >= 11 is 6.19. The summed E-state index contributed by atoms with van der Waals surface area (Å²) in [6.45, 7) is 1.21. The molecule has 1 aliphatic rings. The average Bonchev–Trinajstić information content (AvgIpc) is 3.32. The Bertz CT molecular complexity index is 986. The zero-order valence-corrected chi connectivity index (χ0v) is 15.5. The van der Waals surface area contributed by atoms with Crippen LogP contribution in [0.5, 0.6) is 11.5 Å². The molecule has 0 saturated carbocycles. The van der Waals surface area contributed by atoms with Gasteiger partial charge in [0, 0.05) is 24.8 Å². The van der Waals surface area contributed by atoms with Crippen molar-refractivity contribution in [1.82, 2.24) is 14.7 Å². The molecule has 0 fully saturated rings. The summed E-state index contributed by atoms with van der Waals surface area (Å²) in [5.41, 5.74) is 2.46. The van der Waals surface area contributed by atoms with E-state index in [0.29, 0.717) is 29.4 Å². The van der Waals surface area contributed by atoms with Crippen molar-refractivity contribution in [2.75, 3.05) is 13.8 Å². The summed E-state index contributed by atoms with van der Waals surface area (Å²) in [6.07, 6.45) is 3.32. The van der Waals surface area contributed by atoms with Gasteiger partial charge in [0.05, 0.1) is 18.3 Å². The Morgan fingerprint density at radius 3 is 2.89 bits per heavy atom. The molecule has 2 heterocycles. The third kappa shape index (κ3) is 3.75. The van der Waals surface area contributed by atoms with Crippen LogP contribution < -0.4 is 9.47 Å². The molecule has 6 nitrogen and oxygen atoms in total. The van der Waals surface area contributed by atoms with E-state index in [9.17, 15) is 4.79 Å². The largest absolute Gasteiger partial charge is 0.454 e. The molecule has 1 amide bonds. The molecule has 0 spiro atoms. The Kier molecular flexibility index (Phi) is 4.73. The maximum atomic E-state index is 12.7. The number of ether oxygens (including phenoxy) is 2. The van der Waals surface area contributed by atoms with E-state index < -0.39 is 0 Å².